The van der Waals surface area contributed by atoms with Gasteiger partial charge in [-0.25, -0.2) is 0 Å². The number of ether oxygens (including phenoxy) is 3. The number of fused-ring (bicyclic) bond motifs is 1. The Morgan fingerprint density at radius 1 is 1.10 bits per heavy atom. The molecule has 2 aromatic carbocycles. The average molecular weight is 411 g/mol. The molecule has 9 heteroatoms. The molecule has 0 N–H and O–H groups in total. The topological polar surface area (TPSA) is 103 Å². The van der Waals surface area contributed by atoms with E-state index in [1.54, 1.807) is 28.8 Å². The molecule has 3 rings (SSSR count). The molecule has 0 aliphatic heterocycles. The maximum atomic E-state index is 12.6. The molecule has 1 amide bonds. The molecule has 8 nitrogen and oxygen atoms in total. The van der Waals surface area contributed by atoms with E-state index in [1.165, 1.54) is 44.8 Å². The van der Waals surface area contributed by atoms with Gasteiger partial charge in [-0.05, 0) is 24.3 Å². The molecule has 0 atom stereocenters. The predicted molar refractivity (Wildman–Crippen MR) is 106 cm³/mol. The van der Waals surface area contributed by atoms with Gasteiger partial charge in [0.05, 0.1) is 43.2 Å². The maximum absolute atomic E-state index is 12.6. The number of nitrogens with zero attached hydrogens (tertiary/aromatic N) is 3. The van der Waals surface area contributed by atoms with E-state index in [-0.39, 0.29) is 6.54 Å². The minimum atomic E-state index is -0.487. The number of aromatic nitrogens is 1. The van der Waals surface area contributed by atoms with Crippen molar-refractivity contribution in [2.24, 2.45) is 4.99 Å². The highest BCUT2D eigenvalue weighted by atomic mass is 32.1. The summed E-state index contributed by atoms with van der Waals surface area (Å²) in [6.07, 6.45) is 0. The van der Waals surface area contributed by atoms with Gasteiger partial charge in [-0.1, -0.05) is 11.3 Å². The summed E-state index contributed by atoms with van der Waals surface area (Å²) in [5.41, 5.74) is 1.44. The standard InChI is InChI=1S/C20H17N3O5S/c1-26-15-8-14-17(9-16(15)27-2)29-20(23(14)11-18(24)28-3)22-19(25)13-6-4-12(10-21)5-7-13/h4-9H,11H2,1-3H3. The highest BCUT2D eigenvalue weighted by Crippen LogP contribution is 2.33. The third kappa shape index (κ3) is 4.12. The van der Waals surface area contributed by atoms with Gasteiger partial charge in [0.25, 0.3) is 5.91 Å². The second-order valence-electron chi connectivity index (χ2n) is 5.83. The van der Waals surface area contributed by atoms with Crippen LogP contribution in [0, 0.1) is 11.3 Å². The number of benzene rings is 2. The maximum Gasteiger partial charge on any atom is 0.325 e. The van der Waals surface area contributed by atoms with Crippen LogP contribution < -0.4 is 14.3 Å². The number of carbonyl (C=O) groups is 2. The summed E-state index contributed by atoms with van der Waals surface area (Å²) in [5, 5.41) is 8.89. The van der Waals surface area contributed by atoms with E-state index in [9.17, 15) is 9.59 Å². The second kappa shape index (κ2) is 8.58. The second-order valence-corrected chi connectivity index (χ2v) is 6.84. The Bertz CT molecular complexity index is 1190. The van der Waals surface area contributed by atoms with Crippen molar-refractivity contribution < 1.29 is 23.8 Å². The quantitative estimate of drug-likeness (QED) is 0.598. The van der Waals surface area contributed by atoms with Crippen molar-refractivity contribution in [2.75, 3.05) is 21.3 Å². The van der Waals surface area contributed by atoms with E-state index >= 15 is 0 Å². The van der Waals surface area contributed by atoms with Gasteiger partial charge in [0.15, 0.2) is 16.3 Å². The molecular formula is C20H17N3O5S. The van der Waals surface area contributed by atoms with Crippen molar-refractivity contribution in [3.63, 3.8) is 0 Å². The van der Waals surface area contributed by atoms with Gasteiger partial charge in [0.1, 0.15) is 6.54 Å². The molecule has 0 spiro atoms. The SMILES string of the molecule is COC(=O)Cn1c(=NC(=O)c2ccc(C#N)cc2)sc2cc(OC)c(OC)cc21. The van der Waals surface area contributed by atoms with E-state index in [0.717, 1.165) is 4.70 Å². The summed E-state index contributed by atoms with van der Waals surface area (Å²) >= 11 is 1.24. The molecule has 148 valence electrons. The van der Waals surface area contributed by atoms with Crippen LogP contribution >= 0.6 is 11.3 Å². The van der Waals surface area contributed by atoms with Crippen LogP contribution in [0.2, 0.25) is 0 Å². The molecule has 3 aromatic rings. The number of methoxy groups -OCH3 is 3. The summed E-state index contributed by atoms with van der Waals surface area (Å²) in [6.45, 7) is -0.120. The Balaban J connectivity index is 2.17. The van der Waals surface area contributed by atoms with Gasteiger partial charge >= 0.3 is 5.97 Å². The first-order valence-corrected chi connectivity index (χ1v) is 9.23. The van der Waals surface area contributed by atoms with Gasteiger partial charge in [-0.15, -0.1) is 0 Å². The van der Waals surface area contributed by atoms with Crippen LogP contribution in [-0.4, -0.2) is 37.8 Å². The first kappa shape index (κ1) is 20.1. The van der Waals surface area contributed by atoms with Crippen molar-refractivity contribution in [1.29, 1.82) is 5.26 Å². The normalized spacial score (nSPS) is 11.2. The summed E-state index contributed by atoms with van der Waals surface area (Å²) in [6, 6.07) is 11.7. The lowest BCUT2D eigenvalue weighted by Crippen LogP contribution is -2.22. The predicted octanol–water partition coefficient (Wildman–Crippen LogP) is 2.51. The van der Waals surface area contributed by atoms with Crippen molar-refractivity contribution in [1.82, 2.24) is 4.57 Å². The number of carbonyl (C=O) groups excluding carboxylic acids is 2. The van der Waals surface area contributed by atoms with Crippen LogP contribution in [0.25, 0.3) is 10.2 Å². The smallest absolute Gasteiger partial charge is 0.325 e. The molecule has 0 aliphatic rings. The molecule has 0 unspecified atom stereocenters. The minimum Gasteiger partial charge on any atom is -0.493 e. The number of esters is 1. The number of hydrogen-bond donors (Lipinski definition) is 0. The lowest BCUT2D eigenvalue weighted by atomic mass is 10.1. The minimum absolute atomic E-state index is 0.120. The molecule has 29 heavy (non-hydrogen) atoms. The Morgan fingerprint density at radius 3 is 2.34 bits per heavy atom. The van der Waals surface area contributed by atoms with Crippen molar-refractivity contribution >= 4 is 33.4 Å². The van der Waals surface area contributed by atoms with Gasteiger partial charge in [0.2, 0.25) is 0 Å². The number of rotatable bonds is 5. The molecule has 1 aromatic heterocycles. The zero-order valence-electron chi connectivity index (χ0n) is 16.0. The van der Waals surface area contributed by atoms with Crippen LogP contribution in [0.4, 0.5) is 0 Å². The molecule has 0 aliphatic carbocycles. The molecule has 1 heterocycles. The van der Waals surface area contributed by atoms with E-state index in [0.29, 0.717) is 32.9 Å². The largest absolute Gasteiger partial charge is 0.493 e. The monoisotopic (exact) mass is 411 g/mol. The van der Waals surface area contributed by atoms with Crippen LogP contribution in [0.1, 0.15) is 15.9 Å². The zero-order chi connectivity index (χ0) is 21.0. The third-order valence-corrected chi connectivity index (χ3v) is 5.20. The van der Waals surface area contributed by atoms with E-state index in [4.69, 9.17) is 19.5 Å². The number of thiazole rings is 1. The first-order chi connectivity index (χ1) is 14.0. The van der Waals surface area contributed by atoms with Crippen LogP contribution in [0.3, 0.4) is 0 Å². The number of nitriles is 1. The van der Waals surface area contributed by atoms with E-state index < -0.39 is 11.9 Å². The number of amides is 1. The summed E-state index contributed by atoms with van der Waals surface area (Å²) < 4.78 is 17.8. The molecule has 0 saturated carbocycles. The Kier molecular flexibility index (Phi) is 5.95. The summed E-state index contributed by atoms with van der Waals surface area (Å²) in [4.78, 5) is 29.1. The van der Waals surface area contributed by atoms with Gasteiger partial charge in [-0.2, -0.15) is 10.3 Å². The molecule has 0 radical (unpaired) electrons. The van der Waals surface area contributed by atoms with Gasteiger partial charge < -0.3 is 18.8 Å². The highest BCUT2D eigenvalue weighted by molar-refractivity contribution is 7.16. The van der Waals surface area contributed by atoms with E-state index in [1.807, 2.05) is 6.07 Å². The third-order valence-electron chi connectivity index (χ3n) is 4.16. The Labute approximate surface area is 170 Å². The fourth-order valence-corrected chi connectivity index (χ4v) is 3.71. The molecule has 0 bridgehead atoms. The van der Waals surface area contributed by atoms with Crippen LogP contribution in [0.5, 0.6) is 11.5 Å². The highest BCUT2D eigenvalue weighted by Gasteiger charge is 2.16. The van der Waals surface area contributed by atoms with Crippen molar-refractivity contribution in [2.45, 2.75) is 6.54 Å². The molecule has 0 fully saturated rings. The van der Waals surface area contributed by atoms with Crippen LogP contribution in [-0.2, 0) is 16.1 Å². The fourth-order valence-electron chi connectivity index (χ4n) is 2.67. The van der Waals surface area contributed by atoms with Crippen LogP contribution in [0.15, 0.2) is 41.4 Å². The number of hydrogen-bond acceptors (Lipinski definition) is 7. The Hall–Kier alpha value is -3.64. The fraction of sp³-hybridized carbons (Fsp3) is 0.200. The Morgan fingerprint density at radius 2 is 1.76 bits per heavy atom. The molecule has 0 saturated heterocycles. The van der Waals surface area contributed by atoms with Crippen molar-refractivity contribution in [3.8, 4) is 17.6 Å². The zero-order valence-corrected chi connectivity index (χ0v) is 16.8. The summed E-state index contributed by atoms with van der Waals surface area (Å²) in [7, 11) is 4.33. The van der Waals surface area contributed by atoms with Crippen molar-refractivity contribution in [3.05, 3.63) is 52.3 Å². The lowest BCUT2D eigenvalue weighted by molar-refractivity contribution is -0.141. The average Bonchev–Trinajstić information content (AvgIpc) is 3.08. The first-order valence-electron chi connectivity index (χ1n) is 8.42. The molecular weight excluding hydrogens is 394 g/mol. The van der Waals surface area contributed by atoms with Gasteiger partial charge in [0, 0.05) is 17.7 Å². The summed E-state index contributed by atoms with van der Waals surface area (Å²) in [5.74, 6) is 0.0446. The van der Waals surface area contributed by atoms with E-state index in [2.05, 4.69) is 4.99 Å². The van der Waals surface area contributed by atoms with Gasteiger partial charge in [-0.3, -0.25) is 9.59 Å². The lowest BCUT2D eigenvalue weighted by Gasteiger charge is -2.09.